The van der Waals surface area contributed by atoms with E-state index in [-0.39, 0.29) is 23.1 Å². The van der Waals surface area contributed by atoms with Crippen molar-refractivity contribution in [2.75, 3.05) is 16.0 Å². The Balaban J connectivity index is 2.19. The predicted molar refractivity (Wildman–Crippen MR) is 120 cm³/mol. The highest BCUT2D eigenvalue weighted by molar-refractivity contribution is 5.97. The van der Waals surface area contributed by atoms with Crippen LogP contribution in [-0.2, 0) is 0 Å². The van der Waals surface area contributed by atoms with Gasteiger partial charge in [-0.15, -0.1) is 0 Å². The quantitative estimate of drug-likeness (QED) is 0.486. The largest absolute Gasteiger partial charge is 0.352 e. The van der Waals surface area contributed by atoms with Crippen molar-refractivity contribution in [2.24, 2.45) is 0 Å². The van der Waals surface area contributed by atoms with Crippen LogP contribution in [-0.4, -0.2) is 23.1 Å². The molecule has 0 unspecified atom stereocenters. The van der Waals surface area contributed by atoms with Crippen molar-refractivity contribution in [3.63, 3.8) is 0 Å². The van der Waals surface area contributed by atoms with Crippen LogP contribution in [0.2, 0.25) is 0 Å². The zero-order valence-corrected chi connectivity index (χ0v) is 17.9. The molecule has 29 heavy (non-hydrogen) atoms. The summed E-state index contributed by atoms with van der Waals surface area (Å²) in [4.78, 5) is 24.5. The van der Waals surface area contributed by atoms with E-state index < -0.39 is 0 Å². The standard InChI is InChI=1S/C22H31N5O2/c1-21(2,3)26-19(28)24-17-13-9-7-11-15(17)23-16-12-8-10-14-18(16)25-20(29)27-22(4,5)6/h7-14,23H,1-6H3,(H2,24,26,28)(H2,25,27,29). The lowest BCUT2D eigenvalue weighted by atomic mass is 10.1. The zero-order chi connectivity index (χ0) is 21.7. The van der Waals surface area contributed by atoms with Gasteiger partial charge in [-0.3, -0.25) is 0 Å². The van der Waals surface area contributed by atoms with Crippen LogP contribution in [0.25, 0.3) is 0 Å². The summed E-state index contributed by atoms with van der Waals surface area (Å²) in [7, 11) is 0. The van der Waals surface area contributed by atoms with Crippen molar-refractivity contribution in [3.8, 4) is 0 Å². The molecule has 0 saturated heterocycles. The first-order valence-corrected chi connectivity index (χ1v) is 9.56. The van der Waals surface area contributed by atoms with Crippen LogP contribution >= 0.6 is 0 Å². The monoisotopic (exact) mass is 397 g/mol. The maximum Gasteiger partial charge on any atom is 0.319 e. The molecular formula is C22H31N5O2. The average Bonchev–Trinajstić information content (AvgIpc) is 2.55. The molecule has 0 spiro atoms. The highest BCUT2D eigenvalue weighted by Crippen LogP contribution is 2.29. The first-order valence-electron chi connectivity index (χ1n) is 9.56. The highest BCUT2D eigenvalue weighted by Gasteiger charge is 2.16. The van der Waals surface area contributed by atoms with E-state index in [0.29, 0.717) is 22.7 Å². The van der Waals surface area contributed by atoms with Crippen molar-refractivity contribution >= 4 is 34.8 Å². The Kier molecular flexibility index (Phi) is 6.74. The van der Waals surface area contributed by atoms with Crippen LogP contribution in [0.15, 0.2) is 48.5 Å². The van der Waals surface area contributed by atoms with Crippen LogP contribution in [0.5, 0.6) is 0 Å². The number of carbonyl (C=O) groups is 2. The molecule has 7 nitrogen and oxygen atoms in total. The normalized spacial score (nSPS) is 11.4. The van der Waals surface area contributed by atoms with Gasteiger partial charge in [-0.2, -0.15) is 0 Å². The van der Waals surface area contributed by atoms with E-state index in [1.165, 1.54) is 0 Å². The van der Waals surface area contributed by atoms with Gasteiger partial charge < -0.3 is 26.6 Å². The van der Waals surface area contributed by atoms with Gasteiger partial charge in [-0.05, 0) is 65.8 Å². The first-order chi connectivity index (χ1) is 13.4. The van der Waals surface area contributed by atoms with Gasteiger partial charge in [0, 0.05) is 11.1 Å². The second-order valence-electron chi connectivity index (χ2n) is 8.87. The van der Waals surface area contributed by atoms with Crippen LogP contribution in [0, 0.1) is 0 Å². The number of urea groups is 2. The lowest BCUT2D eigenvalue weighted by Gasteiger charge is -2.23. The predicted octanol–water partition coefficient (Wildman–Crippen LogP) is 5.27. The topological polar surface area (TPSA) is 94.3 Å². The summed E-state index contributed by atoms with van der Waals surface area (Å²) in [5.41, 5.74) is 1.99. The van der Waals surface area contributed by atoms with Crippen LogP contribution < -0.4 is 26.6 Å². The molecule has 4 amide bonds. The molecule has 0 radical (unpaired) electrons. The average molecular weight is 398 g/mol. The van der Waals surface area contributed by atoms with E-state index in [2.05, 4.69) is 26.6 Å². The minimum atomic E-state index is -0.344. The number of rotatable bonds is 4. The van der Waals surface area contributed by atoms with E-state index in [1.807, 2.05) is 90.1 Å². The van der Waals surface area contributed by atoms with E-state index in [9.17, 15) is 9.59 Å². The first kappa shape index (κ1) is 22.1. The van der Waals surface area contributed by atoms with Gasteiger partial charge in [0.05, 0.1) is 22.7 Å². The number of anilines is 4. The van der Waals surface area contributed by atoms with Crippen molar-refractivity contribution in [1.82, 2.24) is 10.6 Å². The third kappa shape index (κ3) is 7.73. The molecule has 0 heterocycles. The number of hydrogen-bond acceptors (Lipinski definition) is 3. The van der Waals surface area contributed by atoms with Gasteiger partial charge in [-0.1, -0.05) is 24.3 Å². The summed E-state index contributed by atoms with van der Waals surface area (Å²) in [5.74, 6) is 0. The number of benzene rings is 2. The summed E-state index contributed by atoms with van der Waals surface area (Å²) < 4.78 is 0. The van der Waals surface area contributed by atoms with Crippen LogP contribution in [0.3, 0.4) is 0 Å². The SMILES string of the molecule is CC(C)(C)NC(=O)Nc1ccccc1Nc1ccccc1NC(=O)NC(C)(C)C. The molecule has 2 rings (SSSR count). The second kappa shape index (κ2) is 8.86. The fraction of sp³-hybridized carbons (Fsp3) is 0.364. The third-order valence-electron chi connectivity index (χ3n) is 3.60. The molecule has 0 aromatic heterocycles. The Morgan fingerprint density at radius 3 is 1.21 bits per heavy atom. The summed E-state index contributed by atoms with van der Waals surface area (Å²) in [5, 5.41) is 14.8. The number of para-hydroxylation sites is 4. The molecule has 7 heteroatoms. The second-order valence-corrected chi connectivity index (χ2v) is 8.87. The van der Waals surface area contributed by atoms with Crippen LogP contribution in [0.4, 0.5) is 32.3 Å². The Morgan fingerprint density at radius 1 is 0.586 bits per heavy atom. The minimum Gasteiger partial charge on any atom is -0.352 e. The fourth-order valence-corrected chi connectivity index (χ4v) is 2.54. The number of amides is 4. The molecular weight excluding hydrogens is 366 g/mol. The van der Waals surface area contributed by atoms with Gasteiger partial charge in [0.25, 0.3) is 0 Å². The Bertz CT molecular complexity index is 794. The molecule has 0 atom stereocenters. The molecule has 0 aliphatic heterocycles. The molecule has 2 aromatic carbocycles. The molecule has 0 aliphatic rings. The van der Waals surface area contributed by atoms with Gasteiger partial charge in [0.15, 0.2) is 0 Å². The molecule has 0 saturated carbocycles. The summed E-state index contributed by atoms with van der Waals surface area (Å²) >= 11 is 0. The Hall–Kier alpha value is -3.22. The van der Waals surface area contributed by atoms with E-state index in [1.54, 1.807) is 0 Å². The molecule has 156 valence electrons. The van der Waals surface area contributed by atoms with E-state index >= 15 is 0 Å². The molecule has 0 fully saturated rings. The molecule has 0 aliphatic carbocycles. The number of hydrogen-bond donors (Lipinski definition) is 5. The number of nitrogens with one attached hydrogen (secondary N) is 5. The van der Waals surface area contributed by atoms with Crippen molar-refractivity contribution in [2.45, 2.75) is 52.6 Å². The lowest BCUT2D eigenvalue weighted by molar-refractivity contribution is 0.242. The van der Waals surface area contributed by atoms with Crippen molar-refractivity contribution in [1.29, 1.82) is 0 Å². The van der Waals surface area contributed by atoms with Gasteiger partial charge in [0.1, 0.15) is 0 Å². The Morgan fingerprint density at radius 2 is 0.897 bits per heavy atom. The van der Waals surface area contributed by atoms with E-state index in [0.717, 1.165) is 0 Å². The molecule has 5 N–H and O–H groups in total. The molecule has 0 bridgehead atoms. The van der Waals surface area contributed by atoms with E-state index in [4.69, 9.17) is 0 Å². The Labute approximate surface area is 172 Å². The molecule has 2 aromatic rings. The van der Waals surface area contributed by atoms with Gasteiger partial charge in [0.2, 0.25) is 0 Å². The van der Waals surface area contributed by atoms with Crippen molar-refractivity contribution in [3.05, 3.63) is 48.5 Å². The highest BCUT2D eigenvalue weighted by atomic mass is 16.2. The summed E-state index contributed by atoms with van der Waals surface area (Å²) in [6, 6.07) is 14.2. The summed E-state index contributed by atoms with van der Waals surface area (Å²) in [6.07, 6.45) is 0. The van der Waals surface area contributed by atoms with Gasteiger partial charge in [-0.25, -0.2) is 9.59 Å². The number of carbonyl (C=O) groups excluding carboxylic acids is 2. The van der Waals surface area contributed by atoms with Crippen molar-refractivity contribution < 1.29 is 9.59 Å². The fourth-order valence-electron chi connectivity index (χ4n) is 2.54. The zero-order valence-electron chi connectivity index (χ0n) is 17.9. The van der Waals surface area contributed by atoms with Crippen LogP contribution in [0.1, 0.15) is 41.5 Å². The lowest BCUT2D eigenvalue weighted by Crippen LogP contribution is -2.43. The third-order valence-corrected chi connectivity index (χ3v) is 3.60. The smallest absolute Gasteiger partial charge is 0.319 e. The minimum absolute atomic E-state index is 0.289. The maximum atomic E-state index is 12.3. The maximum absolute atomic E-state index is 12.3. The van der Waals surface area contributed by atoms with Gasteiger partial charge >= 0.3 is 12.1 Å². The summed E-state index contributed by atoms with van der Waals surface area (Å²) in [6.45, 7) is 11.5.